The van der Waals surface area contributed by atoms with Crippen LogP contribution in [0.15, 0.2) is 60.7 Å². The molecule has 0 radical (unpaired) electrons. The van der Waals surface area contributed by atoms with Gasteiger partial charge in [-0.2, -0.15) is 0 Å². The number of hydrogen-bond acceptors (Lipinski definition) is 0. The van der Waals surface area contributed by atoms with Crippen molar-refractivity contribution in [1.82, 2.24) is 0 Å². The summed E-state index contributed by atoms with van der Waals surface area (Å²) < 4.78 is 0. The molecule has 13 heavy (non-hydrogen) atoms. The van der Waals surface area contributed by atoms with Gasteiger partial charge in [-0.25, -0.2) is 0 Å². The Labute approximate surface area is 85.4 Å². The van der Waals surface area contributed by atoms with Crippen molar-refractivity contribution in [2.24, 2.45) is 0 Å². The molecule has 2 aromatic rings. The molecule has 0 spiro atoms. The molecule has 0 aliphatic heterocycles. The van der Waals surface area contributed by atoms with Gasteiger partial charge in [-0.1, -0.05) is 60.7 Å². The Hall–Kier alpha value is -1.39. The van der Waals surface area contributed by atoms with Gasteiger partial charge in [0.25, 0.3) is 0 Å². The maximum Gasteiger partial charge on any atom is 2.00 e. The average Bonchev–Trinajstić information content (AvgIpc) is 2.21. The summed E-state index contributed by atoms with van der Waals surface area (Å²) in [6, 6.07) is 20.8. The Morgan fingerprint density at radius 3 is 1.15 bits per heavy atom. The first-order valence-corrected chi connectivity index (χ1v) is 4.07. The molecule has 0 aliphatic rings. The molecule has 62 valence electrons. The van der Waals surface area contributed by atoms with Gasteiger partial charge in [0.15, 0.2) is 0 Å². The van der Waals surface area contributed by atoms with Crippen molar-refractivity contribution < 1.29 is 2.85 Å². The molecule has 0 atom stereocenters. The minimum atomic E-state index is 0. The average molecular weight is 165 g/mol. The van der Waals surface area contributed by atoms with E-state index in [1.54, 1.807) is 0 Å². The van der Waals surface area contributed by atoms with Crippen LogP contribution in [0.1, 0.15) is 2.85 Å². The molecular formula is C12H12Be. The van der Waals surface area contributed by atoms with Gasteiger partial charge in [0.05, 0.1) is 0 Å². The summed E-state index contributed by atoms with van der Waals surface area (Å²) >= 11 is 0. The van der Waals surface area contributed by atoms with Crippen LogP contribution < -0.4 is 0 Å². The fourth-order valence-electron chi connectivity index (χ4n) is 1.26. The van der Waals surface area contributed by atoms with E-state index in [1.807, 2.05) is 12.1 Å². The van der Waals surface area contributed by atoms with Crippen LogP contribution in [0.3, 0.4) is 0 Å². The Bertz CT molecular complexity index is 311. The summed E-state index contributed by atoms with van der Waals surface area (Å²) in [5.41, 5.74) is 2.55. The van der Waals surface area contributed by atoms with E-state index in [9.17, 15) is 0 Å². The third-order valence-electron chi connectivity index (χ3n) is 1.88. The van der Waals surface area contributed by atoms with Crippen LogP contribution in [0, 0.1) is 0 Å². The first kappa shape index (κ1) is 9.69. The van der Waals surface area contributed by atoms with Crippen molar-refractivity contribution in [3.63, 3.8) is 0 Å². The van der Waals surface area contributed by atoms with Crippen molar-refractivity contribution in [1.29, 1.82) is 0 Å². The first-order valence-electron chi connectivity index (χ1n) is 4.07. The van der Waals surface area contributed by atoms with Gasteiger partial charge in [-0.3, -0.25) is 0 Å². The topological polar surface area (TPSA) is 0 Å². The molecular weight excluding hydrogens is 153 g/mol. The standard InChI is InChI=1S/C12H10.Be.2H/c1-3-7-11(8-4-1)12-9-5-2-6-10-12;;;/h1-10H;;;/q;+2;2*-1. The maximum atomic E-state index is 2.12. The van der Waals surface area contributed by atoms with Gasteiger partial charge in [0.2, 0.25) is 0 Å². The molecule has 0 aromatic heterocycles. The number of hydrogen-bond donors (Lipinski definition) is 0. The van der Waals surface area contributed by atoms with Crippen LogP contribution in [0.25, 0.3) is 11.1 Å². The summed E-state index contributed by atoms with van der Waals surface area (Å²) in [7, 11) is 0. The third kappa shape index (κ3) is 2.27. The summed E-state index contributed by atoms with van der Waals surface area (Å²) in [5, 5.41) is 0. The van der Waals surface area contributed by atoms with Crippen molar-refractivity contribution in [3.05, 3.63) is 60.7 Å². The molecule has 0 heterocycles. The van der Waals surface area contributed by atoms with Gasteiger partial charge in [0, 0.05) is 0 Å². The van der Waals surface area contributed by atoms with Gasteiger partial charge in [-0.05, 0) is 11.1 Å². The zero-order valence-corrected chi connectivity index (χ0v) is 7.48. The fraction of sp³-hybridized carbons (Fsp3) is 0. The molecule has 0 nitrogen and oxygen atoms in total. The number of rotatable bonds is 1. The van der Waals surface area contributed by atoms with Crippen LogP contribution in [0.5, 0.6) is 0 Å². The number of benzene rings is 2. The summed E-state index contributed by atoms with van der Waals surface area (Å²) in [5.74, 6) is 0. The molecule has 0 saturated heterocycles. The van der Waals surface area contributed by atoms with Crippen molar-refractivity contribution >= 4 is 10.1 Å². The quantitative estimate of drug-likeness (QED) is 0.569. The van der Waals surface area contributed by atoms with Gasteiger partial charge in [0.1, 0.15) is 0 Å². The molecule has 2 aromatic carbocycles. The van der Waals surface area contributed by atoms with Gasteiger partial charge < -0.3 is 2.85 Å². The van der Waals surface area contributed by atoms with E-state index < -0.39 is 0 Å². The Kier molecular flexibility index (Phi) is 3.42. The molecule has 0 bridgehead atoms. The van der Waals surface area contributed by atoms with Crippen LogP contribution in [-0.2, 0) is 0 Å². The van der Waals surface area contributed by atoms with Crippen molar-refractivity contribution in [3.8, 4) is 11.1 Å². The SMILES string of the molecule is [Be+2].[H-].[H-].c1ccc(-c2ccccc2)cc1. The van der Waals surface area contributed by atoms with Crippen LogP contribution in [0.2, 0.25) is 0 Å². The predicted octanol–water partition coefficient (Wildman–Crippen LogP) is 3.20. The Morgan fingerprint density at radius 1 is 0.538 bits per heavy atom. The normalized spacial score (nSPS) is 8.92. The van der Waals surface area contributed by atoms with E-state index in [4.69, 9.17) is 0 Å². The molecule has 2 rings (SSSR count). The largest absolute Gasteiger partial charge is 2.00 e. The third-order valence-corrected chi connectivity index (χ3v) is 1.88. The second-order valence-corrected chi connectivity index (χ2v) is 2.73. The zero-order chi connectivity index (χ0) is 8.23. The molecule has 0 unspecified atom stereocenters. The molecule has 0 N–H and O–H groups in total. The van der Waals surface area contributed by atoms with Gasteiger partial charge in [-0.15, -0.1) is 0 Å². The van der Waals surface area contributed by atoms with Crippen LogP contribution in [0.4, 0.5) is 0 Å². The molecule has 0 amide bonds. The van der Waals surface area contributed by atoms with Gasteiger partial charge >= 0.3 is 10.1 Å². The Balaban J connectivity index is 0. The minimum Gasteiger partial charge on any atom is -1.00 e. The molecule has 0 fully saturated rings. The second kappa shape index (κ2) is 4.59. The van der Waals surface area contributed by atoms with Crippen molar-refractivity contribution in [2.45, 2.75) is 0 Å². The smallest absolute Gasteiger partial charge is 1.00 e. The predicted molar refractivity (Wildman–Crippen MR) is 59.9 cm³/mol. The van der Waals surface area contributed by atoms with E-state index in [0.717, 1.165) is 0 Å². The molecule has 0 saturated carbocycles. The maximum absolute atomic E-state index is 2.12. The van der Waals surface area contributed by atoms with E-state index in [0.29, 0.717) is 0 Å². The zero-order valence-electron chi connectivity index (χ0n) is 9.48. The monoisotopic (exact) mass is 165 g/mol. The summed E-state index contributed by atoms with van der Waals surface area (Å²) in [6.45, 7) is 0. The van der Waals surface area contributed by atoms with E-state index >= 15 is 0 Å². The molecule has 1 heteroatoms. The fourth-order valence-corrected chi connectivity index (χ4v) is 1.26. The van der Waals surface area contributed by atoms with E-state index in [1.165, 1.54) is 11.1 Å². The van der Waals surface area contributed by atoms with E-state index in [-0.39, 0.29) is 13.0 Å². The Morgan fingerprint density at radius 2 is 0.846 bits per heavy atom. The summed E-state index contributed by atoms with van der Waals surface area (Å²) in [4.78, 5) is 0. The first-order chi connectivity index (χ1) is 5.97. The minimum absolute atomic E-state index is 0. The summed E-state index contributed by atoms with van der Waals surface area (Å²) in [6.07, 6.45) is 0. The van der Waals surface area contributed by atoms with Crippen LogP contribution >= 0.6 is 0 Å². The second-order valence-electron chi connectivity index (χ2n) is 2.73. The molecule has 0 aliphatic carbocycles. The van der Waals surface area contributed by atoms with E-state index in [2.05, 4.69) is 48.5 Å². The van der Waals surface area contributed by atoms with Crippen molar-refractivity contribution in [2.75, 3.05) is 0 Å². The van der Waals surface area contributed by atoms with Crippen LogP contribution in [-0.4, -0.2) is 10.1 Å².